The Bertz CT molecular complexity index is 1240. The molecule has 0 aliphatic rings. The molecule has 0 unspecified atom stereocenters. The van der Waals surface area contributed by atoms with Crippen LogP contribution in [-0.4, -0.2) is 25.7 Å². The normalized spacial score (nSPS) is 11.2. The van der Waals surface area contributed by atoms with Crippen molar-refractivity contribution in [1.82, 2.24) is 19.9 Å². The third kappa shape index (κ3) is 4.31. The molecule has 0 bridgehead atoms. The Balaban J connectivity index is 1.95. The number of hydrogen-bond donors (Lipinski definition) is 1. The maximum absolute atomic E-state index is 12.3. The predicted molar refractivity (Wildman–Crippen MR) is 110 cm³/mol. The fourth-order valence-corrected chi connectivity index (χ4v) is 3.37. The average molecular weight is 453 g/mol. The molecule has 0 aliphatic heterocycles. The quantitative estimate of drug-likeness (QED) is 0.568. The van der Waals surface area contributed by atoms with Gasteiger partial charge in [0.15, 0.2) is 5.75 Å². The minimum Gasteiger partial charge on any atom is -0.434 e. The number of aromatic nitrogens is 4. The van der Waals surface area contributed by atoms with E-state index in [9.17, 15) is 14.4 Å². The summed E-state index contributed by atoms with van der Waals surface area (Å²) in [7, 11) is 1.53. The zero-order chi connectivity index (χ0) is 22.2. The van der Waals surface area contributed by atoms with Crippen molar-refractivity contribution in [3.05, 3.63) is 65.6 Å². The van der Waals surface area contributed by atoms with Crippen LogP contribution in [-0.2, 0) is 13.5 Å². The zero-order valence-corrected chi connectivity index (χ0v) is 18.1. The number of rotatable bonds is 6. The van der Waals surface area contributed by atoms with Gasteiger partial charge in [0.25, 0.3) is 5.56 Å². The molecule has 0 atom stereocenters. The van der Waals surface area contributed by atoms with E-state index in [-0.39, 0.29) is 45.4 Å². The predicted octanol–water partition coefficient (Wildman–Crippen LogP) is 3.41. The highest BCUT2D eigenvalue weighted by Crippen LogP contribution is 2.40. The number of nitrogens with zero attached hydrogens (tertiary/aromatic N) is 3. The van der Waals surface area contributed by atoms with Crippen LogP contribution in [0.4, 0.5) is 0 Å². The van der Waals surface area contributed by atoms with Crippen molar-refractivity contribution in [2.75, 3.05) is 0 Å². The maximum Gasteiger partial charge on any atom is 0.439 e. The number of ketones is 1. The van der Waals surface area contributed by atoms with Crippen molar-refractivity contribution in [2.24, 2.45) is 7.05 Å². The largest absolute Gasteiger partial charge is 0.439 e. The fourth-order valence-electron chi connectivity index (χ4n) is 2.80. The summed E-state index contributed by atoms with van der Waals surface area (Å²) >= 11 is 12.8. The van der Waals surface area contributed by atoms with Crippen LogP contribution < -0.4 is 16.1 Å². The lowest BCUT2D eigenvalue weighted by atomic mass is 10.0. The van der Waals surface area contributed by atoms with E-state index in [2.05, 4.69) is 19.8 Å². The summed E-state index contributed by atoms with van der Waals surface area (Å²) in [4.78, 5) is 37.7. The molecule has 2 heterocycles. The first-order valence-corrected chi connectivity index (χ1v) is 9.66. The van der Waals surface area contributed by atoms with E-state index in [1.165, 1.54) is 11.7 Å². The number of nitrogens with one attached hydrogen (secondary N) is 1. The minimum atomic E-state index is -0.819. The number of benzene rings is 1. The van der Waals surface area contributed by atoms with Gasteiger partial charge in [0.2, 0.25) is 17.5 Å². The molecule has 2 aromatic heterocycles. The first kappa shape index (κ1) is 21.8. The second kappa shape index (κ2) is 8.45. The van der Waals surface area contributed by atoms with Gasteiger partial charge in [-0.25, -0.2) is 9.48 Å². The number of H-pyrrole nitrogens is 1. The second-order valence-corrected chi connectivity index (χ2v) is 7.74. The van der Waals surface area contributed by atoms with Crippen LogP contribution >= 0.6 is 23.2 Å². The summed E-state index contributed by atoms with van der Waals surface area (Å²) in [5, 5.41) is 7.82. The van der Waals surface area contributed by atoms with Crippen LogP contribution in [0.5, 0.6) is 11.6 Å². The molecule has 30 heavy (non-hydrogen) atoms. The summed E-state index contributed by atoms with van der Waals surface area (Å²) in [6.45, 7) is 5.48. The van der Waals surface area contributed by atoms with E-state index in [1.54, 1.807) is 19.1 Å². The molecular formula is C19H18Cl2N4O5. The van der Waals surface area contributed by atoms with Crippen LogP contribution in [0.3, 0.4) is 0 Å². The molecule has 0 amide bonds. The third-order valence-electron chi connectivity index (χ3n) is 4.48. The minimum absolute atomic E-state index is 0.0295. The Morgan fingerprint density at radius 3 is 2.60 bits per heavy atom. The number of ether oxygens (including phenoxy) is 1. The van der Waals surface area contributed by atoms with Crippen LogP contribution in [0.1, 0.15) is 47.1 Å². The van der Waals surface area contributed by atoms with Gasteiger partial charge in [-0.3, -0.25) is 19.1 Å². The molecule has 0 fully saturated rings. The van der Waals surface area contributed by atoms with Gasteiger partial charge in [-0.2, -0.15) is 0 Å². The van der Waals surface area contributed by atoms with Gasteiger partial charge in [0.05, 0.1) is 10.0 Å². The van der Waals surface area contributed by atoms with Gasteiger partial charge in [-0.1, -0.05) is 42.2 Å². The maximum atomic E-state index is 12.3. The molecule has 0 saturated heterocycles. The number of halogens is 2. The van der Waals surface area contributed by atoms with Crippen LogP contribution in [0.15, 0.2) is 26.2 Å². The molecule has 0 saturated carbocycles. The Hall–Kier alpha value is -2.91. The highest BCUT2D eigenvalue weighted by atomic mass is 35.5. The molecular weight excluding hydrogens is 435 g/mol. The summed E-state index contributed by atoms with van der Waals surface area (Å²) in [5.74, 6) is -1.19. The number of Topliss-reactive ketones (excluding diaryl/α,β-unsaturated/α-hetero) is 1. The summed E-state index contributed by atoms with van der Waals surface area (Å²) in [6, 6.07) is 3.09. The number of aromatic amines is 1. The van der Waals surface area contributed by atoms with E-state index in [4.69, 9.17) is 27.9 Å². The molecule has 158 valence electrons. The first-order valence-electron chi connectivity index (χ1n) is 8.91. The summed E-state index contributed by atoms with van der Waals surface area (Å²) < 4.78 is 11.3. The average Bonchev–Trinajstić information content (AvgIpc) is 3.12. The van der Waals surface area contributed by atoms with Gasteiger partial charge in [-0.05, 0) is 30.0 Å². The molecule has 0 aliphatic carbocycles. The van der Waals surface area contributed by atoms with Crippen molar-refractivity contribution < 1.29 is 14.1 Å². The second-order valence-electron chi connectivity index (χ2n) is 6.95. The molecule has 9 nitrogen and oxygen atoms in total. The Morgan fingerprint density at radius 1 is 1.30 bits per heavy atom. The Morgan fingerprint density at radius 2 is 2.00 bits per heavy atom. The third-order valence-corrected chi connectivity index (χ3v) is 5.22. The van der Waals surface area contributed by atoms with Crippen molar-refractivity contribution in [3.8, 4) is 11.6 Å². The number of aryl methyl sites for hydroxylation is 1. The van der Waals surface area contributed by atoms with Crippen LogP contribution in [0.25, 0.3) is 0 Å². The highest BCUT2D eigenvalue weighted by molar-refractivity contribution is 6.37. The summed E-state index contributed by atoms with van der Waals surface area (Å²) in [5.41, 5.74) is 1.41. The highest BCUT2D eigenvalue weighted by Gasteiger charge is 2.21. The molecule has 3 rings (SSSR count). The lowest BCUT2D eigenvalue weighted by Gasteiger charge is -2.15. The molecule has 1 N–H and O–H groups in total. The van der Waals surface area contributed by atoms with Gasteiger partial charge in [0.1, 0.15) is 0 Å². The standard InChI is InChI=1S/C19H18Cl2N4O5/c1-8(2)11-7-14(23-25(4)18(11)27)29-16-12(20)5-10(9(3)15(16)21)6-13(26)17-22-19(28)30-24-17/h5,7-8H,6H2,1-4H3,(H,22,24,28). The Labute approximate surface area is 180 Å². The molecule has 0 radical (unpaired) electrons. The number of carbonyl (C=O) groups excluding carboxylic acids is 1. The molecule has 0 spiro atoms. The molecule has 1 aromatic carbocycles. The smallest absolute Gasteiger partial charge is 0.434 e. The topological polar surface area (TPSA) is 120 Å². The van der Waals surface area contributed by atoms with Gasteiger partial charge in [0, 0.05) is 25.1 Å². The van der Waals surface area contributed by atoms with E-state index in [0.717, 1.165) is 0 Å². The number of carbonyl (C=O) groups is 1. The zero-order valence-electron chi connectivity index (χ0n) is 16.6. The lowest BCUT2D eigenvalue weighted by molar-refractivity contribution is 0.0980. The SMILES string of the molecule is Cc1c(CC(=O)c2noc(=O)[nH]2)cc(Cl)c(Oc2cc(C(C)C)c(=O)n(C)n2)c1Cl. The summed E-state index contributed by atoms with van der Waals surface area (Å²) in [6.07, 6.45) is -0.108. The molecule has 3 aromatic rings. The first-order chi connectivity index (χ1) is 14.1. The van der Waals surface area contributed by atoms with Crippen molar-refractivity contribution in [1.29, 1.82) is 0 Å². The monoisotopic (exact) mass is 452 g/mol. The van der Waals surface area contributed by atoms with Crippen LogP contribution in [0, 0.1) is 6.92 Å². The van der Waals surface area contributed by atoms with Gasteiger partial charge < -0.3 is 4.74 Å². The van der Waals surface area contributed by atoms with Crippen molar-refractivity contribution >= 4 is 29.0 Å². The fraction of sp³-hybridized carbons (Fsp3) is 0.316. The van der Waals surface area contributed by atoms with Crippen molar-refractivity contribution in [3.63, 3.8) is 0 Å². The van der Waals surface area contributed by atoms with E-state index in [0.29, 0.717) is 16.7 Å². The van der Waals surface area contributed by atoms with Gasteiger partial charge >= 0.3 is 5.76 Å². The molecule has 11 heteroatoms. The van der Waals surface area contributed by atoms with E-state index >= 15 is 0 Å². The van der Waals surface area contributed by atoms with Crippen LogP contribution in [0.2, 0.25) is 10.0 Å². The Kier molecular flexibility index (Phi) is 6.14. The lowest BCUT2D eigenvalue weighted by Crippen LogP contribution is -2.24. The van der Waals surface area contributed by atoms with Gasteiger partial charge in [-0.15, -0.1) is 5.10 Å². The van der Waals surface area contributed by atoms with E-state index < -0.39 is 11.5 Å². The van der Waals surface area contributed by atoms with E-state index in [1.807, 2.05) is 13.8 Å². The van der Waals surface area contributed by atoms with Crippen molar-refractivity contribution in [2.45, 2.75) is 33.1 Å². The number of hydrogen-bond acceptors (Lipinski definition) is 7.